The first kappa shape index (κ1) is 19.8. The lowest BCUT2D eigenvalue weighted by Gasteiger charge is -2.53. The Bertz CT molecular complexity index is 331. The van der Waals surface area contributed by atoms with Gasteiger partial charge in [0.15, 0.2) is 5.54 Å². The van der Waals surface area contributed by atoms with E-state index in [0.717, 1.165) is 25.7 Å². The summed E-state index contributed by atoms with van der Waals surface area (Å²) in [5, 5.41) is 51.5. The van der Waals surface area contributed by atoms with Crippen molar-refractivity contribution >= 4 is 0 Å². The Morgan fingerprint density at radius 1 is 1.14 bits per heavy atom. The van der Waals surface area contributed by atoms with Gasteiger partial charge >= 0.3 is 0 Å². The maximum atomic E-state index is 11.4. The molecule has 5 atom stereocenters. The molecule has 0 radical (unpaired) electrons. The molecule has 1 unspecified atom stereocenters. The second kappa shape index (κ2) is 8.54. The highest BCUT2D eigenvalue weighted by Gasteiger charge is 2.62. The fourth-order valence-corrected chi connectivity index (χ4v) is 3.02. The smallest absolute Gasteiger partial charge is 0.225 e. The highest BCUT2D eigenvalue weighted by Crippen LogP contribution is 2.37. The number of hydrogen-bond acceptors (Lipinski definition) is 6. The molecule has 6 N–H and O–H groups in total. The minimum absolute atomic E-state index is 0.175. The van der Waals surface area contributed by atoms with Gasteiger partial charge in [-0.15, -0.1) is 0 Å². The number of nitrogens with two attached hydrogens (primary N) is 1. The van der Waals surface area contributed by atoms with Crippen LogP contribution in [0.15, 0.2) is 0 Å². The van der Waals surface area contributed by atoms with E-state index in [1.54, 1.807) is 0 Å². The standard InChI is InChI=1S/C15H31NO6/c1-3-4-5-6-7-8-9-15(20)14(2,16-21)13(19)12(18)11(10-17)22-15/h11-13,17-20H,3-10,16H2,1-2H3/t11-,12-,13+,14-,15?/m1/s1. The molecule has 0 aromatic rings. The van der Waals surface area contributed by atoms with Gasteiger partial charge in [0.2, 0.25) is 5.79 Å². The first-order valence-corrected chi connectivity index (χ1v) is 8.19. The number of rotatable bonds is 9. The van der Waals surface area contributed by atoms with Crippen molar-refractivity contribution in [3.8, 4) is 0 Å². The van der Waals surface area contributed by atoms with Gasteiger partial charge in [0.1, 0.15) is 18.3 Å². The zero-order valence-electron chi connectivity index (χ0n) is 13.6. The topological polar surface area (TPSA) is 130 Å². The summed E-state index contributed by atoms with van der Waals surface area (Å²) in [6.07, 6.45) is 2.20. The van der Waals surface area contributed by atoms with Gasteiger partial charge in [-0.1, -0.05) is 39.0 Å². The summed E-state index contributed by atoms with van der Waals surface area (Å²) in [6.45, 7) is 2.97. The largest absolute Gasteiger partial charge is 0.635 e. The van der Waals surface area contributed by atoms with Crippen LogP contribution in [-0.4, -0.2) is 56.7 Å². The second-order valence-electron chi connectivity index (χ2n) is 6.48. The molecule has 0 aliphatic carbocycles. The fraction of sp³-hybridized carbons (Fsp3) is 1.00. The molecular weight excluding hydrogens is 290 g/mol. The van der Waals surface area contributed by atoms with E-state index in [4.69, 9.17) is 4.74 Å². The highest BCUT2D eigenvalue weighted by atomic mass is 16.7. The first-order valence-electron chi connectivity index (χ1n) is 8.19. The third-order valence-corrected chi connectivity index (χ3v) is 4.80. The van der Waals surface area contributed by atoms with Gasteiger partial charge in [-0.3, -0.25) is 0 Å². The number of aliphatic hydroxyl groups excluding tert-OH is 3. The molecule has 1 aliphatic heterocycles. The normalized spacial score (nSPS) is 39.1. The Kier molecular flexibility index (Phi) is 7.67. The summed E-state index contributed by atoms with van der Waals surface area (Å²) in [7, 11) is 0. The lowest BCUT2D eigenvalue weighted by atomic mass is 9.76. The molecule has 0 spiro atoms. The van der Waals surface area contributed by atoms with Crippen molar-refractivity contribution in [2.45, 2.75) is 88.4 Å². The zero-order chi connectivity index (χ0) is 16.8. The van der Waals surface area contributed by atoms with E-state index in [1.807, 2.05) is 0 Å². The molecule has 0 bridgehead atoms. The molecule has 0 aromatic heterocycles. The van der Waals surface area contributed by atoms with Crippen molar-refractivity contribution < 1.29 is 30.6 Å². The Morgan fingerprint density at radius 3 is 2.27 bits per heavy atom. The van der Waals surface area contributed by atoms with Gasteiger partial charge in [-0.2, -0.15) is 0 Å². The van der Waals surface area contributed by atoms with Gasteiger partial charge in [0.05, 0.1) is 6.61 Å². The lowest BCUT2D eigenvalue weighted by molar-refractivity contribution is -0.719. The van der Waals surface area contributed by atoms with Crippen molar-refractivity contribution in [3.63, 3.8) is 0 Å². The van der Waals surface area contributed by atoms with Crippen LogP contribution in [-0.2, 0) is 4.74 Å². The van der Waals surface area contributed by atoms with E-state index < -0.39 is 36.2 Å². The predicted molar refractivity (Wildman–Crippen MR) is 80.6 cm³/mol. The zero-order valence-corrected chi connectivity index (χ0v) is 13.6. The maximum absolute atomic E-state index is 11.4. The van der Waals surface area contributed by atoms with Crippen molar-refractivity contribution in [1.29, 1.82) is 0 Å². The molecular formula is C15H31NO6. The van der Waals surface area contributed by atoms with Gasteiger partial charge in [-0.25, -0.2) is 0 Å². The molecule has 0 amide bonds. The molecule has 1 fully saturated rings. The van der Waals surface area contributed by atoms with Crippen LogP contribution in [0.3, 0.4) is 0 Å². The number of unbranched alkanes of at least 4 members (excludes halogenated alkanes) is 5. The van der Waals surface area contributed by atoms with Gasteiger partial charge in [0, 0.05) is 6.42 Å². The summed E-state index contributed by atoms with van der Waals surface area (Å²) < 4.78 is 5.40. The molecule has 7 heteroatoms. The highest BCUT2D eigenvalue weighted by molar-refractivity contribution is 5.04. The van der Waals surface area contributed by atoms with E-state index in [0.29, 0.717) is 11.9 Å². The van der Waals surface area contributed by atoms with E-state index in [9.17, 15) is 25.6 Å². The number of ether oxygens (including phenoxy) is 1. The summed E-state index contributed by atoms with van der Waals surface area (Å²) >= 11 is 0. The van der Waals surface area contributed by atoms with Crippen molar-refractivity contribution in [3.05, 3.63) is 5.21 Å². The maximum Gasteiger partial charge on any atom is 0.225 e. The van der Waals surface area contributed by atoms with Crippen LogP contribution >= 0.6 is 0 Å². The Balaban J connectivity index is 2.69. The van der Waals surface area contributed by atoms with Crippen LogP contribution in [0.4, 0.5) is 0 Å². The summed E-state index contributed by atoms with van der Waals surface area (Å²) in [6, 6.07) is 0. The fourth-order valence-electron chi connectivity index (χ4n) is 3.02. The van der Waals surface area contributed by atoms with E-state index in [1.165, 1.54) is 13.3 Å². The molecule has 0 aromatic carbocycles. The molecule has 1 rings (SSSR count). The van der Waals surface area contributed by atoms with Gasteiger partial charge < -0.3 is 35.9 Å². The SMILES string of the molecule is CCCCCCCCC1(O)O[C@H](CO)[C@@H](O)[C@H](O)[C@@]1(C)[NH2+][O-]. The van der Waals surface area contributed by atoms with Gasteiger partial charge in [-0.05, 0) is 13.3 Å². The lowest BCUT2D eigenvalue weighted by Crippen LogP contribution is -3.02. The van der Waals surface area contributed by atoms with Crippen LogP contribution in [0.5, 0.6) is 0 Å². The average molecular weight is 321 g/mol. The number of aliphatic hydroxyl groups is 4. The number of hydroxylamine groups is 1. The molecule has 1 heterocycles. The Morgan fingerprint density at radius 2 is 1.73 bits per heavy atom. The monoisotopic (exact) mass is 321 g/mol. The molecule has 1 aliphatic rings. The summed E-state index contributed by atoms with van der Waals surface area (Å²) in [5.41, 5.74) is -1.19. The van der Waals surface area contributed by atoms with Crippen LogP contribution in [0, 0.1) is 5.21 Å². The molecule has 1 saturated heterocycles. The summed E-state index contributed by atoms with van der Waals surface area (Å²) in [5.74, 6) is -1.88. The summed E-state index contributed by atoms with van der Waals surface area (Å²) in [4.78, 5) is 0. The van der Waals surface area contributed by atoms with Gasteiger partial charge in [0.25, 0.3) is 0 Å². The van der Waals surface area contributed by atoms with E-state index >= 15 is 0 Å². The minimum Gasteiger partial charge on any atom is -0.635 e. The first-order chi connectivity index (χ1) is 10.4. The quantitative estimate of drug-likeness (QED) is 0.284. The number of quaternary nitrogens is 1. The average Bonchev–Trinajstić information content (AvgIpc) is 2.52. The Labute approximate surface area is 131 Å². The third-order valence-electron chi connectivity index (χ3n) is 4.80. The Hall–Kier alpha value is -0.280. The van der Waals surface area contributed by atoms with Crippen LogP contribution < -0.4 is 5.48 Å². The number of hydrogen-bond donors (Lipinski definition) is 5. The van der Waals surface area contributed by atoms with Crippen molar-refractivity contribution in [2.24, 2.45) is 0 Å². The molecule has 22 heavy (non-hydrogen) atoms. The van der Waals surface area contributed by atoms with Crippen LogP contribution in [0.2, 0.25) is 0 Å². The van der Waals surface area contributed by atoms with E-state index in [-0.39, 0.29) is 6.42 Å². The van der Waals surface area contributed by atoms with Crippen molar-refractivity contribution in [2.75, 3.05) is 6.61 Å². The van der Waals surface area contributed by atoms with Crippen molar-refractivity contribution in [1.82, 2.24) is 0 Å². The van der Waals surface area contributed by atoms with Crippen LogP contribution in [0.25, 0.3) is 0 Å². The molecule has 0 saturated carbocycles. The van der Waals surface area contributed by atoms with Crippen LogP contribution in [0.1, 0.15) is 58.8 Å². The molecule has 7 nitrogen and oxygen atoms in total. The van der Waals surface area contributed by atoms with E-state index in [2.05, 4.69) is 6.92 Å². The minimum atomic E-state index is -1.88. The third kappa shape index (κ3) is 3.97. The predicted octanol–water partition coefficient (Wildman–Crippen LogP) is -0.642. The second-order valence-corrected chi connectivity index (χ2v) is 6.48. The molecule has 132 valence electrons.